The fraction of sp³-hybridized carbons (Fsp3) is 0.913. The van der Waals surface area contributed by atoms with E-state index in [4.69, 9.17) is 9.47 Å². The first-order valence-electron chi connectivity index (χ1n) is 11.3. The molecule has 0 heterocycles. The quantitative estimate of drug-likeness (QED) is 0.248. The van der Waals surface area contributed by atoms with Gasteiger partial charge in [0.05, 0.1) is 11.8 Å². The van der Waals surface area contributed by atoms with Gasteiger partial charge < -0.3 is 14.4 Å². The van der Waals surface area contributed by atoms with E-state index >= 15 is 0 Å². The van der Waals surface area contributed by atoms with Crippen molar-refractivity contribution in [3.63, 3.8) is 0 Å². The van der Waals surface area contributed by atoms with Gasteiger partial charge in [0.15, 0.2) is 0 Å². The van der Waals surface area contributed by atoms with E-state index in [-0.39, 0.29) is 30.4 Å². The van der Waals surface area contributed by atoms with E-state index < -0.39 is 6.10 Å². The van der Waals surface area contributed by atoms with Gasteiger partial charge in [-0.1, -0.05) is 78.6 Å². The summed E-state index contributed by atoms with van der Waals surface area (Å²) in [4.78, 5) is 26.0. The summed E-state index contributed by atoms with van der Waals surface area (Å²) in [7, 11) is 3.84. The van der Waals surface area contributed by atoms with Crippen molar-refractivity contribution in [3.05, 3.63) is 0 Å². The van der Waals surface area contributed by atoms with Crippen molar-refractivity contribution in [1.29, 1.82) is 0 Å². The lowest BCUT2D eigenvalue weighted by Crippen LogP contribution is -2.30. The van der Waals surface area contributed by atoms with Crippen LogP contribution in [0.2, 0.25) is 0 Å². The summed E-state index contributed by atoms with van der Waals surface area (Å²) in [5.41, 5.74) is 0. The van der Waals surface area contributed by atoms with Gasteiger partial charge in [-0.3, -0.25) is 9.59 Å². The molecule has 0 saturated carbocycles. The van der Waals surface area contributed by atoms with Gasteiger partial charge in [-0.15, -0.1) is 0 Å². The van der Waals surface area contributed by atoms with Gasteiger partial charge in [-0.25, -0.2) is 0 Å². The van der Waals surface area contributed by atoms with E-state index in [0.717, 1.165) is 12.8 Å². The summed E-state index contributed by atoms with van der Waals surface area (Å²) < 4.78 is 10.7. The van der Waals surface area contributed by atoms with E-state index in [2.05, 4.69) is 6.92 Å². The SMILES string of the molecule is CCCCCCCCCCCC(C)C(=O)OC(C)COC(=O)C(C)CN(C)C. The van der Waals surface area contributed by atoms with Gasteiger partial charge in [0.1, 0.15) is 12.7 Å². The Morgan fingerprint density at radius 3 is 1.86 bits per heavy atom. The second-order valence-corrected chi connectivity index (χ2v) is 8.56. The minimum Gasteiger partial charge on any atom is -0.462 e. The lowest BCUT2D eigenvalue weighted by molar-refractivity contribution is -0.162. The number of carbonyl (C=O) groups excluding carboxylic acids is 2. The summed E-state index contributed by atoms with van der Waals surface area (Å²) in [6, 6.07) is 0. The van der Waals surface area contributed by atoms with Gasteiger partial charge in [-0.2, -0.15) is 0 Å². The monoisotopic (exact) mass is 399 g/mol. The lowest BCUT2D eigenvalue weighted by Gasteiger charge is -2.19. The Morgan fingerprint density at radius 2 is 1.32 bits per heavy atom. The van der Waals surface area contributed by atoms with Gasteiger partial charge in [-0.05, 0) is 27.4 Å². The van der Waals surface area contributed by atoms with Crippen molar-refractivity contribution in [2.24, 2.45) is 11.8 Å². The third-order valence-corrected chi connectivity index (χ3v) is 4.96. The lowest BCUT2D eigenvalue weighted by atomic mass is 10.0. The van der Waals surface area contributed by atoms with Gasteiger partial charge >= 0.3 is 11.9 Å². The third-order valence-electron chi connectivity index (χ3n) is 4.96. The maximum atomic E-state index is 12.2. The summed E-state index contributed by atoms with van der Waals surface area (Å²) in [5, 5.41) is 0. The molecule has 0 amide bonds. The second-order valence-electron chi connectivity index (χ2n) is 8.56. The Bertz CT molecular complexity index is 411. The molecule has 0 aliphatic rings. The van der Waals surface area contributed by atoms with Crippen molar-refractivity contribution >= 4 is 11.9 Å². The van der Waals surface area contributed by atoms with Crippen molar-refractivity contribution in [2.45, 2.75) is 98.0 Å². The molecule has 5 heteroatoms. The molecule has 28 heavy (non-hydrogen) atoms. The smallest absolute Gasteiger partial charge is 0.310 e. The van der Waals surface area contributed by atoms with Crippen LogP contribution in [-0.4, -0.2) is 50.2 Å². The zero-order valence-electron chi connectivity index (χ0n) is 19.3. The van der Waals surface area contributed by atoms with E-state index in [0.29, 0.717) is 6.54 Å². The number of hydrogen-bond donors (Lipinski definition) is 0. The Labute approximate surface area is 173 Å². The molecular weight excluding hydrogens is 354 g/mol. The average molecular weight is 400 g/mol. The molecule has 0 spiro atoms. The highest BCUT2D eigenvalue weighted by Crippen LogP contribution is 2.15. The Kier molecular flexibility index (Phi) is 16.2. The predicted molar refractivity (Wildman–Crippen MR) is 115 cm³/mol. The number of nitrogens with zero attached hydrogens (tertiary/aromatic N) is 1. The van der Waals surface area contributed by atoms with E-state index in [1.54, 1.807) is 6.92 Å². The van der Waals surface area contributed by atoms with Crippen LogP contribution in [0.3, 0.4) is 0 Å². The minimum absolute atomic E-state index is 0.102. The maximum absolute atomic E-state index is 12.2. The number of esters is 2. The molecule has 0 rings (SSSR count). The number of carbonyl (C=O) groups is 2. The number of ether oxygens (including phenoxy) is 2. The average Bonchev–Trinajstić information content (AvgIpc) is 2.63. The highest BCUT2D eigenvalue weighted by atomic mass is 16.6. The molecule has 0 fully saturated rings. The predicted octanol–water partition coefficient (Wildman–Crippen LogP) is 5.22. The van der Waals surface area contributed by atoms with E-state index in [1.165, 1.54) is 51.4 Å². The molecule has 0 bridgehead atoms. The first-order valence-corrected chi connectivity index (χ1v) is 11.3. The fourth-order valence-electron chi connectivity index (χ4n) is 3.19. The summed E-state index contributed by atoms with van der Waals surface area (Å²) in [6.45, 7) is 8.53. The Balaban J connectivity index is 3.79. The second kappa shape index (κ2) is 16.8. The standard InChI is InChI=1S/C23H45NO4/c1-7-8-9-10-11-12-13-14-15-16-19(2)23(26)28-21(4)18-27-22(25)20(3)17-24(5)6/h19-21H,7-18H2,1-6H3. The van der Waals surface area contributed by atoms with Crippen LogP contribution in [0.5, 0.6) is 0 Å². The van der Waals surface area contributed by atoms with Crippen LogP contribution >= 0.6 is 0 Å². The van der Waals surface area contributed by atoms with E-state index in [1.807, 2.05) is 32.8 Å². The molecule has 0 aromatic rings. The van der Waals surface area contributed by atoms with Crippen LogP contribution in [0.1, 0.15) is 91.9 Å². The van der Waals surface area contributed by atoms with Crippen LogP contribution in [0.25, 0.3) is 0 Å². The third kappa shape index (κ3) is 14.9. The molecule has 0 radical (unpaired) electrons. The van der Waals surface area contributed by atoms with Gasteiger partial charge in [0, 0.05) is 6.54 Å². The summed E-state index contributed by atoms with van der Waals surface area (Å²) >= 11 is 0. The number of unbranched alkanes of at least 4 members (excludes halogenated alkanes) is 8. The molecule has 0 aromatic carbocycles. The molecular formula is C23H45NO4. The molecule has 0 aliphatic carbocycles. The zero-order valence-corrected chi connectivity index (χ0v) is 19.3. The Morgan fingerprint density at radius 1 is 0.786 bits per heavy atom. The minimum atomic E-state index is -0.409. The van der Waals surface area contributed by atoms with Gasteiger partial charge in [0.25, 0.3) is 0 Å². The molecule has 166 valence electrons. The highest BCUT2D eigenvalue weighted by Gasteiger charge is 2.20. The molecule has 0 aromatic heterocycles. The first-order chi connectivity index (χ1) is 13.3. The van der Waals surface area contributed by atoms with Crippen molar-refractivity contribution in [2.75, 3.05) is 27.2 Å². The van der Waals surface area contributed by atoms with Crippen molar-refractivity contribution < 1.29 is 19.1 Å². The van der Waals surface area contributed by atoms with E-state index in [9.17, 15) is 9.59 Å². The fourth-order valence-corrected chi connectivity index (χ4v) is 3.19. The van der Waals surface area contributed by atoms with Crippen LogP contribution in [-0.2, 0) is 19.1 Å². The van der Waals surface area contributed by atoms with Crippen LogP contribution < -0.4 is 0 Å². The molecule has 0 N–H and O–H groups in total. The molecule has 5 nitrogen and oxygen atoms in total. The van der Waals surface area contributed by atoms with Crippen LogP contribution in [0.15, 0.2) is 0 Å². The first kappa shape index (κ1) is 26.9. The van der Waals surface area contributed by atoms with Crippen LogP contribution in [0.4, 0.5) is 0 Å². The molecule has 0 saturated heterocycles. The largest absolute Gasteiger partial charge is 0.462 e. The summed E-state index contributed by atoms with van der Waals surface area (Å²) in [5.74, 6) is -0.734. The Hall–Kier alpha value is -1.10. The number of hydrogen-bond acceptors (Lipinski definition) is 5. The van der Waals surface area contributed by atoms with Crippen molar-refractivity contribution in [1.82, 2.24) is 4.90 Å². The summed E-state index contributed by atoms with van der Waals surface area (Å²) in [6.07, 6.45) is 12.0. The number of rotatable bonds is 17. The topological polar surface area (TPSA) is 55.8 Å². The van der Waals surface area contributed by atoms with Crippen molar-refractivity contribution in [3.8, 4) is 0 Å². The normalized spacial score (nSPS) is 14.5. The van der Waals surface area contributed by atoms with Crippen LogP contribution in [0, 0.1) is 11.8 Å². The molecule has 3 atom stereocenters. The molecule has 3 unspecified atom stereocenters. The zero-order chi connectivity index (χ0) is 21.4. The molecule has 0 aliphatic heterocycles. The van der Waals surface area contributed by atoms with Gasteiger partial charge in [0.2, 0.25) is 0 Å². The highest BCUT2D eigenvalue weighted by molar-refractivity contribution is 5.73. The maximum Gasteiger partial charge on any atom is 0.310 e.